The minimum absolute atomic E-state index is 0.570. The molecule has 2 aromatic rings. The predicted octanol–water partition coefficient (Wildman–Crippen LogP) is 3.89. The third-order valence-corrected chi connectivity index (χ3v) is 4.19. The second-order valence-electron chi connectivity index (χ2n) is 5.62. The molecule has 0 radical (unpaired) electrons. The molecule has 106 valence electrons. The van der Waals surface area contributed by atoms with E-state index >= 15 is 0 Å². The van der Waals surface area contributed by atoms with Gasteiger partial charge in [-0.3, -0.25) is 0 Å². The summed E-state index contributed by atoms with van der Waals surface area (Å²) in [6, 6.07) is 8.83. The van der Waals surface area contributed by atoms with Gasteiger partial charge in [-0.15, -0.1) is 0 Å². The summed E-state index contributed by atoms with van der Waals surface area (Å²) in [4.78, 5) is 4.47. The fourth-order valence-electron chi connectivity index (χ4n) is 3.04. The van der Waals surface area contributed by atoms with E-state index < -0.39 is 0 Å². The molecular formula is C17H22N2O. The number of aromatic nitrogens is 1. The Bertz CT molecular complexity index is 538. The zero-order valence-electron chi connectivity index (χ0n) is 11.8. The Morgan fingerprint density at radius 3 is 2.55 bits per heavy atom. The highest BCUT2D eigenvalue weighted by Gasteiger charge is 2.15. The smallest absolute Gasteiger partial charge is 0.195 e. The molecule has 1 aliphatic carbocycles. The average molecular weight is 270 g/mol. The molecule has 0 atom stereocenters. The molecule has 3 heteroatoms. The van der Waals surface area contributed by atoms with Crippen molar-refractivity contribution in [3.63, 3.8) is 0 Å². The zero-order valence-corrected chi connectivity index (χ0v) is 11.8. The fraction of sp³-hybridized carbons (Fsp3) is 0.471. The first-order valence-corrected chi connectivity index (χ1v) is 7.61. The summed E-state index contributed by atoms with van der Waals surface area (Å²) in [5, 5.41) is 0. The SMILES string of the molecule is NCCc1nc(-c2ccc(C3CCCCC3)cc2)co1. The number of hydrogen-bond acceptors (Lipinski definition) is 3. The summed E-state index contributed by atoms with van der Waals surface area (Å²) < 4.78 is 5.41. The molecule has 0 unspecified atom stereocenters. The molecule has 1 aromatic carbocycles. The highest BCUT2D eigenvalue weighted by atomic mass is 16.3. The maximum absolute atomic E-state index is 5.51. The summed E-state index contributed by atoms with van der Waals surface area (Å²) in [6.45, 7) is 0.570. The summed E-state index contributed by atoms with van der Waals surface area (Å²) >= 11 is 0. The van der Waals surface area contributed by atoms with Crippen molar-refractivity contribution in [3.05, 3.63) is 42.0 Å². The molecule has 20 heavy (non-hydrogen) atoms. The molecule has 1 fully saturated rings. The second kappa shape index (κ2) is 6.23. The summed E-state index contributed by atoms with van der Waals surface area (Å²) in [5.41, 5.74) is 9.01. The molecule has 1 heterocycles. The summed E-state index contributed by atoms with van der Waals surface area (Å²) in [5.74, 6) is 1.47. The van der Waals surface area contributed by atoms with Gasteiger partial charge >= 0.3 is 0 Å². The number of oxazole rings is 1. The lowest BCUT2D eigenvalue weighted by atomic mass is 9.84. The second-order valence-corrected chi connectivity index (χ2v) is 5.62. The Balaban J connectivity index is 1.74. The van der Waals surface area contributed by atoms with Crippen molar-refractivity contribution >= 4 is 0 Å². The lowest BCUT2D eigenvalue weighted by Gasteiger charge is -2.21. The Hall–Kier alpha value is -1.61. The normalized spacial score (nSPS) is 16.4. The molecule has 1 aliphatic rings. The number of rotatable bonds is 4. The van der Waals surface area contributed by atoms with Crippen molar-refractivity contribution < 1.29 is 4.42 Å². The van der Waals surface area contributed by atoms with Gasteiger partial charge in [0.1, 0.15) is 12.0 Å². The third kappa shape index (κ3) is 2.93. The van der Waals surface area contributed by atoms with E-state index in [9.17, 15) is 0 Å². The van der Waals surface area contributed by atoms with Crippen LogP contribution in [0.15, 0.2) is 34.9 Å². The van der Waals surface area contributed by atoms with Crippen molar-refractivity contribution in [3.8, 4) is 11.3 Å². The summed E-state index contributed by atoms with van der Waals surface area (Å²) in [7, 11) is 0. The molecule has 0 saturated heterocycles. The van der Waals surface area contributed by atoms with E-state index in [4.69, 9.17) is 10.2 Å². The van der Waals surface area contributed by atoms with Crippen molar-refractivity contribution in [2.75, 3.05) is 6.54 Å². The maximum Gasteiger partial charge on any atom is 0.195 e. The highest BCUT2D eigenvalue weighted by Crippen LogP contribution is 2.33. The lowest BCUT2D eigenvalue weighted by Crippen LogP contribution is -2.04. The van der Waals surface area contributed by atoms with Crippen molar-refractivity contribution in [2.45, 2.75) is 44.4 Å². The third-order valence-electron chi connectivity index (χ3n) is 4.19. The van der Waals surface area contributed by atoms with Crippen LogP contribution in [0.25, 0.3) is 11.3 Å². The van der Waals surface area contributed by atoms with E-state index in [2.05, 4.69) is 29.2 Å². The first-order valence-electron chi connectivity index (χ1n) is 7.61. The number of hydrogen-bond donors (Lipinski definition) is 1. The molecule has 0 spiro atoms. The highest BCUT2D eigenvalue weighted by molar-refractivity contribution is 5.58. The van der Waals surface area contributed by atoms with Gasteiger partial charge < -0.3 is 10.2 Å². The van der Waals surface area contributed by atoms with E-state index in [1.54, 1.807) is 6.26 Å². The first kappa shape index (κ1) is 13.4. The van der Waals surface area contributed by atoms with Crippen LogP contribution >= 0.6 is 0 Å². The van der Waals surface area contributed by atoms with Crippen LogP contribution in [-0.4, -0.2) is 11.5 Å². The zero-order chi connectivity index (χ0) is 13.8. The van der Waals surface area contributed by atoms with Gasteiger partial charge in [-0.1, -0.05) is 43.5 Å². The van der Waals surface area contributed by atoms with E-state index in [1.807, 2.05) is 0 Å². The van der Waals surface area contributed by atoms with E-state index in [0.29, 0.717) is 13.0 Å². The molecule has 0 aliphatic heterocycles. The van der Waals surface area contributed by atoms with Crippen molar-refractivity contribution in [1.82, 2.24) is 4.98 Å². The monoisotopic (exact) mass is 270 g/mol. The van der Waals surface area contributed by atoms with Crippen LogP contribution < -0.4 is 5.73 Å². The Morgan fingerprint density at radius 2 is 1.85 bits per heavy atom. The Morgan fingerprint density at radius 1 is 1.10 bits per heavy atom. The lowest BCUT2D eigenvalue weighted by molar-refractivity contribution is 0.443. The van der Waals surface area contributed by atoms with Gasteiger partial charge in [-0.2, -0.15) is 0 Å². The van der Waals surface area contributed by atoms with Crippen molar-refractivity contribution in [1.29, 1.82) is 0 Å². The minimum atomic E-state index is 0.570. The van der Waals surface area contributed by atoms with Gasteiger partial charge in [0.05, 0.1) is 0 Å². The van der Waals surface area contributed by atoms with Gasteiger partial charge in [0.15, 0.2) is 5.89 Å². The van der Waals surface area contributed by atoms with Gasteiger partial charge in [0, 0.05) is 18.5 Å². The van der Waals surface area contributed by atoms with Crippen LogP contribution in [-0.2, 0) is 6.42 Å². The number of nitrogens with zero attached hydrogens (tertiary/aromatic N) is 1. The van der Waals surface area contributed by atoms with Crippen LogP contribution in [0.3, 0.4) is 0 Å². The molecule has 1 saturated carbocycles. The number of benzene rings is 1. The molecule has 2 N–H and O–H groups in total. The quantitative estimate of drug-likeness (QED) is 0.917. The molecule has 0 amide bonds. The van der Waals surface area contributed by atoms with Crippen LogP contribution in [0.2, 0.25) is 0 Å². The molecule has 1 aromatic heterocycles. The van der Waals surface area contributed by atoms with E-state index in [0.717, 1.165) is 23.1 Å². The van der Waals surface area contributed by atoms with Gasteiger partial charge in [-0.05, 0) is 24.3 Å². The molecule has 0 bridgehead atoms. The van der Waals surface area contributed by atoms with Gasteiger partial charge in [-0.25, -0.2) is 4.98 Å². The van der Waals surface area contributed by atoms with Gasteiger partial charge in [0.25, 0.3) is 0 Å². The van der Waals surface area contributed by atoms with Crippen LogP contribution in [0, 0.1) is 0 Å². The summed E-state index contributed by atoms with van der Waals surface area (Å²) in [6.07, 6.45) is 9.24. The van der Waals surface area contributed by atoms with E-state index in [-0.39, 0.29) is 0 Å². The first-order chi connectivity index (χ1) is 9.86. The topological polar surface area (TPSA) is 52.0 Å². The minimum Gasteiger partial charge on any atom is -0.448 e. The predicted molar refractivity (Wildman–Crippen MR) is 80.5 cm³/mol. The number of nitrogens with two attached hydrogens (primary N) is 1. The van der Waals surface area contributed by atoms with Crippen LogP contribution in [0.4, 0.5) is 0 Å². The Kier molecular flexibility index (Phi) is 4.16. The van der Waals surface area contributed by atoms with Crippen LogP contribution in [0.1, 0.15) is 49.5 Å². The molecule has 3 nitrogen and oxygen atoms in total. The fourth-order valence-corrected chi connectivity index (χ4v) is 3.04. The average Bonchev–Trinajstić information content (AvgIpc) is 2.97. The largest absolute Gasteiger partial charge is 0.448 e. The maximum atomic E-state index is 5.51. The van der Waals surface area contributed by atoms with Gasteiger partial charge in [0.2, 0.25) is 0 Å². The molecule has 3 rings (SSSR count). The van der Waals surface area contributed by atoms with Crippen LogP contribution in [0.5, 0.6) is 0 Å². The van der Waals surface area contributed by atoms with Crippen molar-refractivity contribution in [2.24, 2.45) is 5.73 Å². The van der Waals surface area contributed by atoms with E-state index in [1.165, 1.54) is 37.7 Å². The Labute approximate surface area is 120 Å². The standard InChI is InChI=1S/C17H22N2O/c18-11-10-17-19-16(12-20-17)15-8-6-14(7-9-15)13-4-2-1-3-5-13/h6-9,12-13H,1-5,10-11,18H2. The molecular weight excluding hydrogens is 248 g/mol.